The summed E-state index contributed by atoms with van der Waals surface area (Å²) in [5.74, 6) is 0. The Balaban J connectivity index is 1.99. The van der Waals surface area contributed by atoms with Crippen LogP contribution in [0, 0.1) is 27.7 Å². The highest BCUT2D eigenvalue weighted by atomic mass is 14.7. The van der Waals surface area contributed by atoms with Crippen molar-refractivity contribution in [2.24, 2.45) is 0 Å². The monoisotopic (exact) mass is 392 g/mol. The van der Waals surface area contributed by atoms with Gasteiger partial charge in [0.2, 0.25) is 0 Å². The van der Waals surface area contributed by atoms with E-state index in [4.69, 9.17) is 9.97 Å². The van der Waals surface area contributed by atoms with Crippen LogP contribution in [0.25, 0.3) is 44.1 Å². The first-order valence-corrected chi connectivity index (χ1v) is 10.2. The third-order valence-corrected chi connectivity index (χ3v) is 6.03. The van der Waals surface area contributed by atoms with E-state index in [9.17, 15) is 0 Å². The Morgan fingerprint density at radius 3 is 1.00 bits per heavy atom. The highest BCUT2D eigenvalue weighted by Gasteiger charge is 2.04. The summed E-state index contributed by atoms with van der Waals surface area (Å²) in [5.41, 5.74) is 12.9. The summed E-state index contributed by atoms with van der Waals surface area (Å²) in [4.78, 5) is 16.8. The van der Waals surface area contributed by atoms with Crippen molar-refractivity contribution in [1.82, 2.24) is 19.9 Å². The molecule has 8 bridgehead atoms. The van der Waals surface area contributed by atoms with Crippen LogP contribution < -0.4 is 0 Å². The van der Waals surface area contributed by atoms with Crippen molar-refractivity contribution in [3.8, 4) is 0 Å². The van der Waals surface area contributed by atoms with Crippen molar-refractivity contribution < 1.29 is 0 Å². The van der Waals surface area contributed by atoms with Gasteiger partial charge in [-0.25, -0.2) is 9.97 Å². The first-order chi connectivity index (χ1) is 14.5. The molecule has 4 nitrogen and oxygen atoms in total. The summed E-state index contributed by atoms with van der Waals surface area (Å²) >= 11 is 0. The van der Waals surface area contributed by atoms with Crippen molar-refractivity contribution >= 4 is 44.1 Å². The molecule has 0 unspecified atom stereocenters. The van der Waals surface area contributed by atoms with Crippen LogP contribution in [0.4, 0.5) is 0 Å². The van der Waals surface area contributed by atoms with Gasteiger partial charge in [-0.3, -0.25) is 0 Å². The predicted molar refractivity (Wildman–Crippen MR) is 126 cm³/mol. The molecule has 0 radical (unpaired) electrons. The molecule has 30 heavy (non-hydrogen) atoms. The van der Waals surface area contributed by atoms with E-state index in [0.29, 0.717) is 0 Å². The molecular weight excluding hydrogens is 368 g/mol. The minimum absolute atomic E-state index is 0.930. The number of aryl methyl sites for hydroxylation is 4. The van der Waals surface area contributed by atoms with Crippen LogP contribution in [-0.4, -0.2) is 19.9 Å². The average molecular weight is 393 g/mol. The molecule has 0 fully saturated rings. The summed E-state index contributed by atoms with van der Waals surface area (Å²) in [7, 11) is 0. The molecule has 148 valence electrons. The number of nitrogens with zero attached hydrogens (tertiary/aromatic N) is 2. The molecule has 5 heterocycles. The molecule has 0 spiro atoms. The van der Waals surface area contributed by atoms with Crippen molar-refractivity contribution in [2.75, 3.05) is 0 Å². The van der Waals surface area contributed by atoms with Crippen molar-refractivity contribution in [3.63, 3.8) is 0 Å². The lowest BCUT2D eigenvalue weighted by atomic mass is 10.1. The number of nitrogens with one attached hydrogen (secondary N) is 2. The van der Waals surface area contributed by atoms with E-state index in [2.05, 4.69) is 74.1 Å². The Labute approximate surface area is 175 Å². The van der Waals surface area contributed by atoms with E-state index in [1.54, 1.807) is 0 Å². The zero-order valence-electron chi connectivity index (χ0n) is 17.7. The number of aromatic nitrogens is 4. The zero-order chi connectivity index (χ0) is 20.8. The molecule has 5 aromatic heterocycles. The molecule has 0 aliphatic rings. The van der Waals surface area contributed by atoms with Gasteiger partial charge in [0.1, 0.15) is 0 Å². The third kappa shape index (κ3) is 3.20. The number of hydrogen-bond acceptors (Lipinski definition) is 2. The van der Waals surface area contributed by atoms with E-state index in [-0.39, 0.29) is 0 Å². The van der Waals surface area contributed by atoms with Crippen LogP contribution in [-0.2, 0) is 0 Å². The number of pyridine rings is 2. The molecule has 0 aromatic carbocycles. The largest absolute Gasteiger partial charge is 0.355 e. The topological polar surface area (TPSA) is 57.4 Å². The minimum Gasteiger partial charge on any atom is -0.355 e. The Kier molecular flexibility index (Phi) is 4.28. The van der Waals surface area contributed by atoms with Gasteiger partial charge in [-0.1, -0.05) is 12.1 Å². The van der Waals surface area contributed by atoms with Gasteiger partial charge in [-0.15, -0.1) is 0 Å². The predicted octanol–water partition coefficient (Wildman–Crippen LogP) is 6.67. The molecule has 0 saturated carbocycles. The van der Waals surface area contributed by atoms with Gasteiger partial charge in [-0.2, -0.15) is 0 Å². The number of H-pyrrole nitrogens is 2. The van der Waals surface area contributed by atoms with Gasteiger partial charge in [0, 0.05) is 22.1 Å². The molecule has 4 heteroatoms. The molecule has 2 N–H and O–H groups in total. The second kappa shape index (κ2) is 6.99. The number of aromatic amines is 2. The lowest BCUT2D eigenvalue weighted by molar-refractivity contribution is 1.43. The fourth-order valence-corrected chi connectivity index (χ4v) is 3.90. The second-order valence-corrected chi connectivity index (χ2v) is 7.96. The lowest BCUT2D eigenvalue weighted by Crippen LogP contribution is -1.76. The fraction of sp³-hybridized carbons (Fsp3) is 0.154. The van der Waals surface area contributed by atoms with Crippen LogP contribution in [0.1, 0.15) is 22.3 Å². The normalized spacial score (nSPS) is 11.3. The number of rotatable bonds is 0. The van der Waals surface area contributed by atoms with E-state index >= 15 is 0 Å². The van der Waals surface area contributed by atoms with Crippen LogP contribution in [0.3, 0.4) is 0 Å². The smallest absolute Gasteiger partial charge is 0.0657 e. The first-order valence-electron chi connectivity index (χ1n) is 10.2. The highest BCUT2D eigenvalue weighted by Crippen LogP contribution is 2.22. The molecule has 0 aliphatic carbocycles. The molecule has 0 saturated heterocycles. The average Bonchev–Trinajstić information content (AvgIpc) is 3.13. The van der Waals surface area contributed by atoms with E-state index in [0.717, 1.165) is 44.1 Å². The fourth-order valence-electron chi connectivity index (χ4n) is 3.90. The van der Waals surface area contributed by atoms with Crippen molar-refractivity contribution in [1.29, 1.82) is 0 Å². The first kappa shape index (κ1) is 18.4. The molecule has 5 aromatic rings. The van der Waals surface area contributed by atoms with Gasteiger partial charge >= 0.3 is 0 Å². The van der Waals surface area contributed by atoms with Crippen LogP contribution in [0.2, 0.25) is 0 Å². The van der Waals surface area contributed by atoms with E-state index in [1.165, 1.54) is 22.3 Å². The minimum atomic E-state index is 0.930. The Bertz CT molecular complexity index is 1310. The van der Waals surface area contributed by atoms with Crippen molar-refractivity contribution in [2.45, 2.75) is 27.7 Å². The van der Waals surface area contributed by atoms with E-state index in [1.807, 2.05) is 24.3 Å². The van der Waals surface area contributed by atoms with E-state index < -0.39 is 0 Å². The SMILES string of the molecule is Cc1c(C)c2cc3cccc(cc4[nH]c(cc5cccc(cc1[nH]2)n5)c(C)c4C)n3. The van der Waals surface area contributed by atoms with Gasteiger partial charge in [-0.05, 0) is 98.5 Å². The maximum atomic E-state index is 4.85. The summed E-state index contributed by atoms with van der Waals surface area (Å²) in [6.45, 7) is 8.57. The quantitative estimate of drug-likeness (QED) is 0.309. The number of fused-ring (bicyclic) bond motifs is 8. The summed E-state index contributed by atoms with van der Waals surface area (Å²) < 4.78 is 0. The van der Waals surface area contributed by atoms with Gasteiger partial charge in [0.15, 0.2) is 0 Å². The molecule has 0 aliphatic heterocycles. The summed E-state index contributed by atoms with van der Waals surface area (Å²) in [5, 5.41) is 0. The van der Waals surface area contributed by atoms with Gasteiger partial charge in [0.05, 0.1) is 22.1 Å². The molecular formula is C26H24N4. The maximum absolute atomic E-state index is 4.85. The third-order valence-electron chi connectivity index (χ3n) is 6.03. The van der Waals surface area contributed by atoms with Crippen LogP contribution in [0.5, 0.6) is 0 Å². The zero-order valence-corrected chi connectivity index (χ0v) is 17.7. The van der Waals surface area contributed by atoms with Gasteiger partial charge in [0.25, 0.3) is 0 Å². The number of hydrogen-bond donors (Lipinski definition) is 2. The standard InChI is InChI=1S/C26H24N4/c1-15-16(2)24-12-20-8-6-10-22(28-20)14-26-18(4)17(3)25(30-26)13-21-9-5-7-19(27-21)11-23(15)29-24/h5-14,29-30H,1-4H3. The van der Waals surface area contributed by atoms with Gasteiger partial charge < -0.3 is 9.97 Å². The second-order valence-electron chi connectivity index (χ2n) is 7.96. The molecule has 0 amide bonds. The molecule has 0 atom stereocenters. The lowest BCUT2D eigenvalue weighted by Gasteiger charge is -1.93. The Morgan fingerprint density at radius 1 is 0.467 bits per heavy atom. The van der Waals surface area contributed by atoms with Crippen LogP contribution in [0.15, 0.2) is 60.7 Å². The maximum Gasteiger partial charge on any atom is 0.0657 e. The molecule has 5 rings (SSSR count). The summed E-state index contributed by atoms with van der Waals surface area (Å²) in [6.07, 6.45) is 0. The summed E-state index contributed by atoms with van der Waals surface area (Å²) in [6, 6.07) is 20.7. The van der Waals surface area contributed by atoms with Crippen LogP contribution >= 0.6 is 0 Å². The Morgan fingerprint density at radius 2 is 0.733 bits per heavy atom. The highest BCUT2D eigenvalue weighted by molar-refractivity contribution is 5.79. The van der Waals surface area contributed by atoms with Crippen molar-refractivity contribution in [3.05, 3.63) is 82.9 Å². The Hall–Kier alpha value is -3.66.